The van der Waals surface area contributed by atoms with Crippen LogP contribution in [-0.2, 0) is 11.3 Å². The van der Waals surface area contributed by atoms with E-state index in [1.165, 1.54) is 24.3 Å². The molecule has 1 nitrogen and oxygen atoms in total. The minimum atomic E-state index is -4.51. The summed E-state index contributed by atoms with van der Waals surface area (Å²) in [4.78, 5) is 0. The van der Waals surface area contributed by atoms with Gasteiger partial charge in [0.2, 0.25) is 0 Å². The van der Waals surface area contributed by atoms with Gasteiger partial charge in [-0.3, -0.25) is 0 Å². The molecule has 0 aliphatic rings. The number of hydrogen-bond donors (Lipinski definition) is 0. The molecule has 0 unspecified atom stereocenters. The van der Waals surface area contributed by atoms with E-state index in [0.717, 1.165) is 44.0 Å². The predicted molar refractivity (Wildman–Crippen MR) is 186 cm³/mol. The molecule has 0 bridgehead atoms. The Labute approximate surface area is 296 Å². The van der Waals surface area contributed by atoms with Crippen LogP contribution in [0.15, 0.2) is 54.6 Å². The third-order valence-electron chi connectivity index (χ3n) is 9.37. The highest BCUT2D eigenvalue weighted by Crippen LogP contribution is 2.42. The van der Waals surface area contributed by atoms with E-state index < -0.39 is 96.3 Å². The topological polar surface area (TPSA) is 9.23 Å². The van der Waals surface area contributed by atoms with Crippen molar-refractivity contribution in [2.75, 3.05) is 6.16 Å². The smallest absolute Gasteiger partial charge is 0.200 e. The van der Waals surface area contributed by atoms with Crippen LogP contribution in [0.4, 0.5) is 43.9 Å². The SMILES string of the molecule is Cc1cc(C)c(P(CC[B-](OCc2ccccc2)(c2c(F)c(F)c(F)c(F)c2F)c2c(F)c(F)c(F)c(F)c2F)c2c(C)cc(C)cc2C)c(C)c1. The molecule has 0 spiro atoms. The first-order valence-corrected chi connectivity index (χ1v) is 17.8. The zero-order chi connectivity index (χ0) is 38.4. The van der Waals surface area contributed by atoms with E-state index in [0.29, 0.717) is 0 Å². The summed E-state index contributed by atoms with van der Waals surface area (Å²) in [6, 6.07) is 15.0. The highest BCUT2D eigenvalue weighted by molar-refractivity contribution is 7.73. The van der Waals surface area contributed by atoms with Crippen LogP contribution in [0.5, 0.6) is 0 Å². The Morgan fingerprint density at radius 3 is 1.15 bits per heavy atom. The Bertz CT molecular complexity index is 1960. The van der Waals surface area contributed by atoms with E-state index in [-0.39, 0.29) is 11.7 Å². The molecular formula is C39H33BF10OP-. The summed E-state index contributed by atoms with van der Waals surface area (Å²) < 4.78 is 160. The van der Waals surface area contributed by atoms with Gasteiger partial charge in [-0.15, -0.1) is 6.32 Å². The van der Waals surface area contributed by atoms with Gasteiger partial charge in [-0.05, 0) is 87.9 Å². The molecule has 5 aromatic rings. The Kier molecular flexibility index (Phi) is 11.3. The van der Waals surface area contributed by atoms with Gasteiger partial charge >= 0.3 is 0 Å². The number of halogens is 10. The van der Waals surface area contributed by atoms with Crippen LogP contribution in [0.3, 0.4) is 0 Å². The first-order chi connectivity index (χ1) is 24.4. The van der Waals surface area contributed by atoms with Crippen molar-refractivity contribution in [3.05, 3.63) is 152 Å². The quantitative estimate of drug-likeness (QED) is 0.0455. The minimum Gasteiger partial charge on any atom is -0.579 e. The van der Waals surface area contributed by atoms with Crippen molar-refractivity contribution in [2.24, 2.45) is 0 Å². The van der Waals surface area contributed by atoms with E-state index >= 15 is 35.1 Å². The van der Waals surface area contributed by atoms with E-state index in [2.05, 4.69) is 0 Å². The van der Waals surface area contributed by atoms with E-state index in [4.69, 9.17) is 4.65 Å². The van der Waals surface area contributed by atoms with Crippen molar-refractivity contribution >= 4 is 35.8 Å². The summed E-state index contributed by atoms with van der Waals surface area (Å²) in [6.07, 6.45) is -5.75. The normalized spacial score (nSPS) is 11.9. The van der Waals surface area contributed by atoms with Crippen molar-refractivity contribution in [1.82, 2.24) is 0 Å². The van der Waals surface area contributed by atoms with Gasteiger partial charge in [0, 0.05) is 6.61 Å². The second-order valence-electron chi connectivity index (χ2n) is 13.2. The molecule has 0 aromatic heterocycles. The molecule has 52 heavy (non-hydrogen) atoms. The average molecular weight is 749 g/mol. The van der Waals surface area contributed by atoms with Crippen LogP contribution >= 0.6 is 7.92 Å². The van der Waals surface area contributed by atoms with Gasteiger partial charge in [0.15, 0.2) is 41.3 Å². The fourth-order valence-corrected chi connectivity index (χ4v) is 10.7. The molecule has 0 N–H and O–H groups in total. The third-order valence-corrected chi connectivity index (χ3v) is 12.6. The largest absolute Gasteiger partial charge is 0.579 e. The van der Waals surface area contributed by atoms with Crippen molar-refractivity contribution in [3.8, 4) is 0 Å². The number of rotatable bonds is 10. The third kappa shape index (κ3) is 6.87. The summed E-state index contributed by atoms with van der Waals surface area (Å²) in [5, 5.41) is 1.50. The van der Waals surface area contributed by atoms with Gasteiger partial charge in [0.1, 0.15) is 23.3 Å². The Morgan fingerprint density at radius 2 is 0.808 bits per heavy atom. The molecule has 0 heterocycles. The second kappa shape index (κ2) is 15.1. The molecule has 5 rings (SSSR count). The molecule has 0 saturated carbocycles. The Hall–Kier alpha value is -4.15. The van der Waals surface area contributed by atoms with Gasteiger partial charge in [-0.1, -0.05) is 82.8 Å². The minimum absolute atomic E-state index is 0.208. The van der Waals surface area contributed by atoms with E-state index in [1.54, 1.807) is 6.07 Å². The van der Waals surface area contributed by atoms with Crippen LogP contribution in [0, 0.1) is 99.7 Å². The fraction of sp³-hybridized carbons (Fsp3) is 0.231. The van der Waals surface area contributed by atoms with Gasteiger partial charge in [0.25, 0.3) is 0 Å². The van der Waals surface area contributed by atoms with Crippen LogP contribution in [0.25, 0.3) is 0 Å². The molecular weight excluding hydrogens is 716 g/mol. The molecule has 0 saturated heterocycles. The highest BCUT2D eigenvalue weighted by atomic mass is 31.1. The van der Waals surface area contributed by atoms with Crippen LogP contribution < -0.4 is 21.5 Å². The maximum absolute atomic E-state index is 16.1. The number of hydrogen-bond acceptors (Lipinski definition) is 1. The van der Waals surface area contributed by atoms with Crippen molar-refractivity contribution in [1.29, 1.82) is 0 Å². The Morgan fingerprint density at radius 1 is 0.481 bits per heavy atom. The maximum Gasteiger partial charge on any atom is 0.200 e. The van der Waals surface area contributed by atoms with Gasteiger partial charge in [0.05, 0.1) is 0 Å². The average Bonchev–Trinajstić information content (AvgIpc) is 3.08. The summed E-state index contributed by atoms with van der Waals surface area (Å²) >= 11 is 0. The molecule has 0 atom stereocenters. The number of aryl methyl sites for hydroxylation is 6. The molecule has 0 fully saturated rings. The van der Waals surface area contributed by atoms with E-state index in [9.17, 15) is 8.78 Å². The molecule has 5 aromatic carbocycles. The van der Waals surface area contributed by atoms with Gasteiger partial charge in [-0.25, -0.2) is 43.9 Å². The van der Waals surface area contributed by atoms with Crippen molar-refractivity contribution in [3.63, 3.8) is 0 Å². The lowest BCUT2D eigenvalue weighted by molar-refractivity contribution is 0.296. The second-order valence-corrected chi connectivity index (χ2v) is 15.4. The van der Waals surface area contributed by atoms with Gasteiger partial charge < -0.3 is 4.65 Å². The summed E-state index contributed by atoms with van der Waals surface area (Å²) in [7, 11) is -1.73. The zero-order valence-electron chi connectivity index (χ0n) is 29.0. The first-order valence-electron chi connectivity index (χ1n) is 16.2. The lowest BCUT2D eigenvalue weighted by Gasteiger charge is -2.44. The van der Waals surface area contributed by atoms with Gasteiger partial charge in [-0.2, -0.15) is 0 Å². The first kappa shape index (κ1) is 39.1. The fourth-order valence-electron chi connectivity index (χ4n) is 7.40. The lowest BCUT2D eigenvalue weighted by Crippen LogP contribution is -2.66. The highest BCUT2D eigenvalue weighted by Gasteiger charge is 2.44. The standard InChI is InChI=1S/C39H33BF10OP/c1-19-14-21(3)38(22(4)15-19)52(39-23(5)16-20(2)17-24(39)6)13-12-40(51-18-25-10-8-7-9-11-25,26-28(41)32(45)36(49)33(46)29(26)42)27-30(43)34(47)37(50)35(48)31(27)44/h7-11,14-17H,12-13,18H2,1-6H3/q-1. The van der Waals surface area contributed by atoms with E-state index in [1.807, 2.05) is 65.8 Å². The van der Waals surface area contributed by atoms with Crippen LogP contribution in [0.1, 0.15) is 38.9 Å². The maximum atomic E-state index is 16.1. The molecule has 274 valence electrons. The number of benzene rings is 5. The molecule has 0 aliphatic carbocycles. The summed E-state index contributed by atoms with van der Waals surface area (Å²) in [6.45, 7) is 10.2. The molecule has 0 aliphatic heterocycles. The lowest BCUT2D eigenvalue weighted by atomic mass is 9.29. The molecule has 0 radical (unpaired) electrons. The van der Waals surface area contributed by atoms with Crippen molar-refractivity contribution < 1.29 is 48.6 Å². The molecule has 0 amide bonds. The summed E-state index contributed by atoms with van der Waals surface area (Å²) in [5.74, 6) is -25.2. The van der Waals surface area contributed by atoms with Crippen LogP contribution in [0.2, 0.25) is 6.32 Å². The van der Waals surface area contributed by atoms with Crippen molar-refractivity contribution in [2.45, 2.75) is 54.5 Å². The Balaban J connectivity index is 1.91. The predicted octanol–water partition coefficient (Wildman–Crippen LogP) is 9.34. The van der Waals surface area contributed by atoms with Crippen LogP contribution in [-0.4, -0.2) is 12.5 Å². The monoisotopic (exact) mass is 749 g/mol. The zero-order valence-corrected chi connectivity index (χ0v) is 29.9. The molecule has 13 heteroatoms. The summed E-state index contributed by atoms with van der Waals surface area (Å²) in [5.41, 5.74) is 1.45.